The summed E-state index contributed by atoms with van der Waals surface area (Å²) in [6, 6.07) is 11.6. The maximum Gasteiger partial charge on any atom is 0.439 e. The highest BCUT2D eigenvalue weighted by atomic mass is 16.5. The number of nitrogens with zero attached hydrogens (tertiary/aromatic N) is 4. The number of benzene rings is 1. The molecule has 4 aromatic rings. The second kappa shape index (κ2) is 5.52. The number of fused-ring (bicyclic) bond motifs is 1. The molecular formula is C17H11N5O2. The minimum atomic E-state index is -0.602. The number of nitrogens with one attached hydrogen (secondary N) is 1. The highest BCUT2D eigenvalue weighted by Crippen LogP contribution is 2.26. The van der Waals surface area contributed by atoms with Crippen LogP contribution in [0.25, 0.3) is 22.3 Å². The van der Waals surface area contributed by atoms with E-state index in [9.17, 15) is 10.1 Å². The van der Waals surface area contributed by atoms with Crippen LogP contribution >= 0.6 is 0 Å². The quantitative estimate of drug-likeness (QED) is 0.625. The standard InChI is InChI=1S/C17H11N5O2/c18-8-13-10-22(9-11-3-5-19-6-4-11)15-7-12(1-2-14(13)15)16-20-17(23)24-21-16/h1-7,10H,9H2,(H,20,21,23). The molecule has 0 bridgehead atoms. The average molecular weight is 317 g/mol. The number of nitriles is 1. The van der Waals surface area contributed by atoms with E-state index in [1.807, 2.05) is 35.0 Å². The third-order valence-corrected chi connectivity index (χ3v) is 3.82. The molecule has 0 unspecified atom stereocenters. The number of rotatable bonds is 3. The maximum absolute atomic E-state index is 11.1. The Morgan fingerprint density at radius 3 is 2.79 bits per heavy atom. The number of hydrogen-bond donors (Lipinski definition) is 1. The van der Waals surface area contributed by atoms with Crippen LogP contribution in [0.3, 0.4) is 0 Å². The van der Waals surface area contributed by atoms with Gasteiger partial charge in [0.2, 0.25) is 0 Å². The molecule has 7 nitrogen and oxygen atoms in total. The van der Waals surface area contributed by atoms with Gasteiger partial charge in [-0.25, -0.2) is 4.79 Å². The van der Waals surface area contributed by atoms with Gasteiger partial charge in [0.15, 0.2) is 5.82 Å². The first kappa shape index (κ1) is 14.0. The van der Waals surface area contributed by atoms with Gasteiger partial charge in [-0.2, -0.15) is 5.26 Å². The smallest absolute Gasteiger partial charge is 0.342 e. The van der Waals surface area contributed by atoms with E-state index < -0.39 is 5.76 Å². The molecule has 0 atom stereocenters. The van der Waals surface area contributed by atoms with Crippen LogP contribution in [-0.2, 0) is 6.54 Å². The molecule has 7 heteroatoms. The average Bonchev–Trinajstić information content (AvgIpc) is 3.19. The van der Waals surface area contributed by atoms with E-state index in [4.69, 9.17) is 0 Å². The molecule has 0 aliphatic rings. The molecule has 0 radical (unpaired) electrons. The van der Waals surface area contributed by atoms with E-state index in [1.54, 1.807) is 18.5 Å². The summed E-state index contributed by atoms with van der Waals surface area (Å²) in [5.41, 5.74) is 3.27. The van der Waals surface area contributed by atoms with Crippen LogP contribution in [0.5, 0.6) is 0 Å². The largest absolute Gasteiger partial charge is 0.439 e. The molecule has 0 saturated heterocycles. The highest BCUT2D eigenvalue weighted by Gasteiger charge is 2.12. The summed E-state index contributed by atoms with van der Waals surface area (Å²) in [6.45, 7) is 0.611. The van der Waals surface area contributed by atoms with Crippen molar-refractivity contribution in [2.24, 2.45) is 0 Å². The van der Waals surface area contributed by atoms with E-state index >= 15 is 0 Å². The van der Waals surface area contributed by atoms with Gasteiger partial charge in [0.25, 0.3) is 0 Å². The Bertz CT molecular complexity index is 1120. The van der Waals surface area contributed by atoms with Crippen LogP contribution in [0.15, 0.2) is 58.2 Å². The van der Waals surface area contributed by atoms with Crippen molar-refractivity contribution in [2.75, 3.05) is 0 Å². The van der Waals surface area contributed by atoms with Crippen molar-refractivity contribution in [3.63, 3.8) is 0 Å². The molecular weight excluding hydrogens is 306 g/mol. The van der Waals surface area contributed by atoms with Crippen molar-refractivity contribution >= 4 is 10.9 Å². The minimum Gasteiger partial charge on any atom is -0.342 e. The Labute approximate surface area is 135 Å². The fourth-order valence-corrected chi connectivity index (χ4v) is 2.70. The van der Waals surface area contributed by atoms with E-state index in [0.717, 1.165) is 16.5 Å². The van der Waals surface area contributed by atoms with E-state index in [1.165, 1.54) is 0 Å². The summed E-state index contributed by atoms with van der Waals surface area (Å²) in [4.78, 5) is 17.7. The molecule has 1 aromatic carbocycles. The molecule has 0 aliphatic carbocycles. The Morgan fingerprint density at radius 2 is 2.08 bits per heavy atom. The zero-order valence-electron chi connectivity index (χ0n) is 12.4. The summed E-state index contributed by atoms with van der Waals surface area (Å²) in [5.74, 6) is -0.243. The highest BCUT2D eigenvalue weighted by molar-refractivity contribution is 5.89. The Morgan fingerprint density at radius 1 is 1.25 bits per heavy atom. The van der Waals surface area contributed by atoms with Crippen molar-refractivity contribution in [1.82, 2.24) is 19.7 Å². The predicted octanol–water partition coefficient (Wildman–Crippen LogP) is 2.30. The molecule has 24 heavy (non-hydrogen) atoms. The Kier molecular flexibility index (Phi) is 3.21. The zero-order valence-corrected chi connectivity index (χ0v) is 12.4. The first-order valence-electron chi connectivity index (χ1n) is 7.23. The topological polar surface area (TPSA) is 100 Å². The zero-order chi connectivity index (χ0) is 16.5. The fourth-order valence-electron chi connectivity index (χ4n) is 2.70. The third kappa shape index (κ3) is 2.36. The van der Waals surface area contributed by atoms with Gasteiger partial charge in [0.05, 0.1) is 11.1 Å². The van der Waals surface area contributed by atoms with Gasteiger partial charge in [0.1, 0.15) is 6.07 Å². The Hall–Kier alpha value is -3.66. The van der Waals surface area contributed by atoms with Crippen molar-refractivity contribution in [1.29, 1.82) is 5.26 Å². The van der Waals surface area contributed by atoms with Crippen LogP contribution in [0.1, 0.15) is 11.1 Å². The molecule has 0 amide bonds. The van der Waals surface area contributed by atoms with Crippen LogP contribution in [0.4, 0.5) is 0 Å². The van der Waals surface area contributed by atoms with E-state index in [0.29, 0.717) is 23.5 Å². The number of hydrogen-bond acceptors (Lipinski definition) is 5. The fraction of sp³-hybridized carbons (Fsp3) is 0.0588. The predicted molar refractivity (Wildman–Crippen MR) is 86.1 cm³/mol. The normalized spacial score (nSPS) is 10.8. The lowest BCUT2D eigenvalue weighted by Crippen LogP contribution is -1.98. The first-order valence-corrected chi connectivity index (χ1v) is 7.23. The van der Waals surface area contributed by atoms with Crippen LogP contribution in [0, 0.1) is 11.3 Å². The lowest BCUT2D eigenvalue weighted by molar-refractivity contribution is 0.388. The summed E-state index contributed by atoms with van der Waals surface area (Å²) < 4.78 is 6.55. The van der Waals surface area contributed by atoms with Crippen molar-refractivity contribution in [2.45, 2.75) is 6.54 Å². The number of H-pyrrole nitrogens is 1. The first-order chi connectivity index (χ1) is 11.7. The second-order valence-electron chi connectivity index (χ2n) is 5.31. The van der Waals surface area contributed by atoms with Crippen molar-refractivity contribution in [3.05, 3.63) is 70.6 Å². The SMILES string of the molecule is N#Cc1cn(Cc2ccncc2)c2cc(-c3noc(=O)[nH]3)ccc12. The maximum atomic E-state index is 11.1. The molecule has 0 saturated carbocycles. The third-order valence-electron chi connectivity index (χ3n) is 3.82. The lowest BCUT2D eigenvalue weighted by Gasteiger charge is -2.06. The molecule has 1 N–H and O–H groups in total. The molecule has 4 rings (SSSR count). The van der Waals surface area contributed by atoms with Gasteiger partial charge >= 0.3 is 5.76 Å². The van der Waals surface area contributed by atoms with Crippen LogP contribution in [0.2, 0.25) is 0 Å². The molecule has 3 aromatic heterocycles. The summed E-state index contributed by atoms with van der Waals surface area (Å²) >= 11 is 0. The van der Waals surface area contributed by atoms with Gasteiger partial charge in [-0.05, 0) is 23.8 Å². The summed E-state index contributed by atoms with van der Waals surface area (Å²) in [7, 11) is 0. The summed E-state index contributed by atoms with van der Waals surface area (Å²) in [5, 5.41) is 13.9. The van der Waals surface area contributed by atoms with Gasteiger partial charge in [-0.15, -0.1) is 0 Å². The van der Waals surface area contributed by atoms with E-state index in [2.05, 4.69) is 25.7 Å². The Balaban J connectivity index is 1.86. The van der Waals surface area contributed by atoms with Gasteiger partial charge < -0.3 is 4.57 Å². The van der Waals surface area contributed by atoms with Gasteiger partial charge in [-0.3, -0.25) is 14.5 Å². The summed E-state index contributed by atoms with van der Waals surface area (Å²) in [6.07, 6.45) is 5.29. The molecule has 0 spiro atoms. The number of aromatic amines is 1. The van der Waals surface area contributed by atoms with Gasteiger partial charge in [-0.1, -0.05) is 17.3 Å². The second-order valence-corrected chi connectivity index (χ2v) is 5.31. The number of aromatic nitrogens is 4. The van der Waals surface area contributed by atoms with Crippen LogP contribution < -0.4 is 5.76 Å². The van der Waals surface area contributed by atoms with E-state index in [-0.39, 0.29) is 0 Å². The van der Waals surface area contributed by atoms with Gasteiger partial charge in [0, 0.05) is 36.1 Å². The van der Waals surface area contributed by atoms with Crippen LogP contribution in [-0.4, -0.2) is 19.7 Å². The molecule has 0 fully saturated rings. The molecule has 0 aliphatic heterocycles. The van der Waals surface area contributed by atoms with Crippen molar-refractivity contribution in [3.8, 4) is 17.5 Å². The monoisotopic (exact) mass is 317 g/mol. The lowest BCUT2D eigenvalue weighted by atomic mass is 10.1. The number of pyridine rings is 1. The molecule has 3 heterocycles. The van der Waals surface area contributed by atoms with Crippen molar-refractivity contribution < 1.29 is 4.52 Å². The molecule has 116 valence electrons. The minimum absolute atomic E-state index is 0.358.